The van der Waals surface area contributed by atoms with Gasteiger partial charge in [-0.25, -0.2) is 9.37 Å². The van der Waals surface area contributed by atoms with Crippen LogP contribution in [-0.4, -0.2) is 52.3 Å². The highest BCUT2D eigenvalue weighted by Crippen LogP contribution is 2.29. The van der Waals surface area contributed by atoms with Crippen molar-refractivity contribution in [2.45, 2.75) is 39.8 Å². The molecule has 1 aromatic heterocycles. The number of hydrogen-bond acceptors (Lipinski definition) is 5. The number of carbonyl (C=O) groups excluding carboxylic acids is 2. The van der Waals surface area contributed by atoms with Gasteiger partial charge in [0.15, 0.2) is 0 Å². The van der Waals surface area contributed by atoms with E-state index in [-0.39, 0.29) is 17.9 Å². The van der Waals surface area contributed by atoms with E-state index in [1.54, 1.807) is 30.0 Å². The van der Waals surface area contributed by atoms with Crippen LogP contribution in [-0.2, 0) is 9.59 Å². The summed E-state index contributed by atoms with van der Waals surface area (Å²) in [7, 11) is 0. The molecule has 0 saturated carbocycles. The molecule has 1 saturated heterocycles. The lowest BCUT2D eigenvalue weighted by Crippen LogP contribution is -2.57. The van der Waals surface area contributed by atoms with Crippen LogP contribution in [0.5, 0.6) is 0 Å². The van der Waals surface area contributed by atoms with Crippen molar-refractivity contribution in [3.63, 3.8) is 0 Å². The average Bonchev–Trinajstić information content (AvgIpc) is 2.71. The minimum atomic E-state index is -0.734. The molecule has 31 heavy (non-hydrogen) atoms. The quantitative estimate of drug-likeness (QED) is 0.732. The van der Waals surface area contributed by atoms with Gasteiger partial charge in [-0.05, 0) is 49.1 Å². The Balaban J connectivity index is 1.84. The lowest BCUT2D eigenvalue weighted by atomic mass is 9.98. The van der Waals surface area contributed by atoms with Gasteiger partial charge in [0.1, 0.15) is 11.6 Å². The summed E-state index contributed by atoms with van der Waals surface area (Å²) in [6, 6.07) is 7.53. The monoisotopic (exact) mass is 427 g/mol. The molecule has 0 aliphatic carbocycles. The van der Waals surface area contributed by atoms with Gasteiger partial charge >= 0.3 is 11.8 Å². The Bertz CT molecular complexity index is 947. The fraction of sp³-hybridized carbons (Fsp3) is 0.435. The van der Waals surface area contributed by atoms with Crippen molar-refractivity contribution in [2.75, 3.05) is 30.7 Å². The van der Waals surface area contributed by atoms with Crippen molar-refractivity contribution in [2.24, 2.45) is 5.92 Å². The van der Waals surface area contributed by atoms with Crippen LogP contribution in [0.2, 0.25) is 0 Å². The maximum atomic E-state index is 13.5. The Kier molecular flexibility index (Phi) is 6.90. The summed E-state index contributed by atoms with van der Waals surface area (Å²) in [4.78, 5) is 33.8. The fourth-order valence-electron chi connectivity index (χ4n) is 3.91. The van der Waals surface area contributed by atoms with E-state index in [2.05, 4.69) is 36.0 Å². The molecule has 3 rings (SSSR count). The van der Waals surface area contributed by atoms with Gasteiger partial charge < -0.3 is 16.0 Å². The van der Waals surface area contributed by atoms with Crippen molar-refractivity contribution in [3.05, 3.63) is 53.5 Å². The number of rotatable bonds is 4. The van der Waals surface area contributed by atoms with E-state index in [0.29, 0.717) is 36.1 Å². The number of halogens is 1. The van der Waals surface area contributed by atoms with E-state index in [1.165, 1.54) is 18.3 Å². The van der Waals surface area contributed by atoms with E-state index in [1.807, 2.05) is 0 Å². The molecule has 0 bridgehead atoms. The smallest absolute Gasteiger partial charge is 0.313 e. The molecule has 0 unspecified atom stereocenters. The maximum Gasteiger partial charge on any atom is 0.313 e. The molecule has 0 radical (unpaired) electrons. The Morgan fingerprint density at radius 2 is 1.94 bits per heavy atom. The molecule has 8 heteroatoms. The number of nitrogens with one attached hydrogen (secondary N) is 1. The number of aryl methyl sites for hydroxylation is 1. The van der Waals surface area contributed by atoms with E-state index < -0.39 is 11.8 Å². The second-order valence-electron chi connectivity index (χ2n) is 8.60. The van der Waals surface area contributed by atoms with Crippen LogP contribution in [0.15, 0.2) is 36.5 Å². The summed E-state index contributed by atoms with van der Waals surface area (Å²) in [5, 5.41) is 2.62. The zero-order valence-corrected chi connectivity index (χ0v) is 18.4. The van der Waals surface area contributed by atoms with Crippen LogP contribution in [0.3, 0.4) is 0 Å². The Morgan fingerprint density at radius 1 is 1.26 bits per heavy atom. The topological polar surface area (TPSA) is 91.6 Å². The third kappa shape index (κ3) is 5.38. The van der Waals surface area contributed by atoms with Crippen molar-refractivity contribution in [3.8, 4) is 0 Å². The van der Waals surface area contributed by atoms with E-state index in [9.17, 15) is 14.0 Å². The SMILES string of the molecule is Cc1cc(NC(=O)C(=O)N2C[C@@H](C)N(CC(C)C)C[C@@H]2c2ccc(F)cc2)cnc1N. The molecule has 2 heterocycles. The molecule has 2 aromatic rings. The zero-order chi connectivity index (χ0) is 22.7. The van der Waals surface area contributed by atoms with Gasteiger partial charge in [0.2, 0.25) is 0 Å². The number of nitrogens with zero attached hydrogens (tertiary/aromatic N) is 3. The molecule has 0 spiro atoms. The van der Waals surface area contributed by atoms with Gasteiger partial charge in [-0.1, -0.05) is 26.0 Å². The Morgan fingerprint density at radius 3 is 2.55 bits per heavy atom. The number of benzene rings is 1. The van der Waals surface area contributed by atoms with E-state index >= 15 is 0 Å². The molecule has 1 fully saturated rings. The van der Waals surface area contributed by atoms with Crippen molar-refractivity contribution < 1.29 is 14.0 Å². The number of hydrogen-bond donors (Lipinski definition) is 2. The molecule has 3 N–H and O–H groups in total. The van der Waals surface area contributed by atoms with Gasteiger partial charge in [0.25, 0.3) is 0 Å². The van der Waals surface area contributed by atoms with Gasteiger partial charge in [-0.3, -0.25) is 14.5 Å². The van der Waals surface area contributed by atoms with Crippen LogP contribution in [0, 0.1) is 18.7 Å². The number of anilines is 2. The summed E-state index contributed by atoms with van der Waals surface area (Å²) in [5.41, 5.74) is 7.65. The molecule has 1 aliphatic heterocycles. The second-order valence-corrected chi connectivity index (χ2v) is 8.60. The standard InChI is InChI=1S/C23H30FN5O2/c1-14(2)11-28-13-20(17-5-7-18(24)8-6-17)29(12-16(28)4)23(31)22(30)27-19-9-15(3)21(25)26-10-19/h5-10,14,16,20H,11-13H2,1-4H3,(H2,25,26)(H,27,30)/t16-,20-/m1/s1. The predicted molar refractivity (Wildman–Crippen MR) is 119 cm³/mol. The van der Waals surface area contributed by atoms with Crippen molar-refractivity contribution in [1.29, 1.82) is 0 Å². The van der Waals surface area contributed by atoms with Gasteiger partial charge in [-0.15, -0.1) is 0 Å². The second kappa shape index (κ2) is 9.43. The zero-order valence-electron chi connectivity index (χ0n) is 18.4. The normalized spacial score (nSPS) is 19.5. The van der Waals surface area contributed by atoms with Gasteiger partial charge in [0.05, 0.1) is 17.9 Å². The highest BCUT2D eigenvalue weighted by atomic mass is 19.1. The highest BCUT2D eigenvalue weighted by molar-refractivity contribution is 6.39. The number of nitrogens with two attached hydrogens (primary N) is 1. The number of piperazine rings is 1. The minimum Gasteiger partial charge on any atom is -0.383 e. The largest absolute Gasteiger partial charge is 0.383 e. The van der Waals surface area contributed by atoms with Crippen LogP contribution in [0.4, 0.5) is 15.9 Å². The first-order valence-corrected chi connectivity index (χ1v) is 10.5. The van der Waals surface area contributed by atoms with Crippen LogP contribution in [0.25, 0.3) is 0 Å². The molecule has 1 aromatic carbocycles. The molecule has 2 atom stereocenters. The maximum absolute atomic E-state index is 13.5. The minimum absolute atomic E-state index is 0.0938. The molecular formula is C23H30FN5O2. The molecule has 7 nitrogen and oxygen atoms in total. The van der Waals surface area contributed by atoms with E-state index in [4.69, 9.17) is 5.73 Å². The fourth-order valence-corrected chi connectivity index (χ4v) is 3.91. The number of aromatic nitrogens is 1. The summed E-state index contributed by atoms with van der Waals surface area (Å²) < 4.78 is 13.5. The lowest BCUT2D eigenvalue weighted by Gasteiger charge is -2.45. The average molecular weight is 428 g/mol. The summed E-state index contributed by atoms with van der Waals surface area (Å²) in [6.45, 7) is 9.98. The number of nitrogen functional groups attached to an aromatic ring is 1. The lowest BCUT2D eigenvalue weighted by molar-refractivity contribution is -0.148. The van der Waals surface area contributed by atoms with Crippen molar-refractivity contribution in [1.82, 2.24) is 14.8 Å². The predicted octanol–water partition coefficient (Wildman–Crippen LogP) is 2.98. The number of amides is 2. The first kappa shape index (κ1) is 22.7. The van der Waals surface area contributed by atoms with Crippen LogP contribution >= 0.6 is 0 Å². The molecule has 166 valence electrons. The third-order valence-electron chi connectivity index (χ3n) is 5.55. The molecular weight excluding hydrogens is 397 g/mol. The summed E-state index contributed by atoms with van der Waals surface area (Å²) >= 11 is 0. The van der Waals surface area contributed by atoms with Gasteiger partial charge in [-0.2, -0.15) is 0 Å². The first-order valence-electron chi connectivity index (χ1n) is 10.5. The number of carbonyl (C=O) groups is 2. The summed E-state index contributed by atoms with van der Waals surface area (Å²) in [5.74, 6) is -0.866. The number of pyridine rings is 1. The van der Waals surface area contributed by atoms with Crippen LogP contribution in [0.1, 0.15) is 37.9 Å². The van der Waals surface area contributed by atoms with Crippen LogP contribution < -0.4 is 11.1 Å². The highest BCUT2D eigenvalue weighted by Gasteiger charge is 2.37. The Labute approximate surface area is 182 Å². The molecule has 2 amide bonds. The first-order chi connectivity index (χ1) is 14.7. The van der Waals surface area contributed by atoms with Crippen molar-refractivity contribution >= 4 is 23.3 Å². The Hall–Kier alpha value is -3.00. The summed E-state index contributed by atoms with van der Waals surface area (Å²) in [6.07, 6.45) is 1.42. The van der Waals surface area contributed by atoms with E-state index in [0.717, 1.165) is 12.1 Å². The van der Waals surface area contributed by atoms with Gasteiger partial charge in [0, 0.05) is 25.7 Å². The third-order valence-corrected chi connectivity index (χ3v) is 5.55. The molecule has 1 aliphatic rings.